The Morgan fingerprint density at radius 1 is 1.08 bits per heavy atom. The average Bonchev–Trinajstić information content (AvgIpc) is 3.12. The topological polar surface area (TPSA) is 74.8 Å². The van der Waals surface area contributed by atoms with Crippen LogP contribution in [-0.4, -0.2) is 21.7 Å². The van der Waals surface area contributed by atoms with Crippen LogP contribution in [0.3, 0.4) is 0 Å². The molecule has 0 aliphatic heterocycles. The molecule has 0 unspecified atom stereocenters. The van der Waals surface area contributed by atoms with Crippen molar-refractivity contribution in [1.82, 2.24) is 9.97 Å². The fourth-order valence-corrected chi connectivity index (χ4v) is 2.60. The van der Waals surface area contributed by atoms with Gasteiger partial charge in [0.25, 0.3) is 5.91 Å². The van der Waals surface area contributed by atoms with E-state index in [0.717, 1.165) is 6.07 Å². The van der Waals surface area contributed by atoms with Crippen LogP contribution in [-0.2, 0) is 0 Å². The predicted molar refractivity (Wildman–Crippen MR) is 92.8 cm³/mol. The number of aromatic amines is 1. The summed E-state index contributed by atoms with van der Waals surface area (Å²) in [6.07, 6.45) is 3.04. The van der Waals surface area contributed by atoms with E-state index in [0.29, 0.717) is 11.3 Å². The minimum absolute atomic E-state index is 0.0357. The van der Waals surface area contributed by atoms with Crippen molar-refractivity contribution in [3.05, 3.63) is 81.6 Å². The summed E-state index contributed by atoms with van der Waals surface area (Å²) >= 11 is 11.5. The summed E-state index contributed by atoms with van der Waals surface area (Å²) in [5.74, 6) is -1.38. The minimum atomic E-state index is -0.740. The third-order valence-electron chi connectivity index (χ3n) is 3.37. The Bertz CT molecular complexity index is 941. The number of nitrogens with zero attached hydrogens (tertiary/aromatic N) is 1. The van der Waals surface area contributed by atoms with Crippen molar-refractivity contribution in [1.29, 1.82) is 0 Å². The van der Waals surface area contributed by atoms with Gasteiger partial charge < -0.3 is 10.3 Å². The van der Waals surface area contributed by atoms with Crippen LogP contribution in [0.2, 0.25) is 10.0 Å². The fraction of sp³-hybridized carbons (Fsp3) is 0. The van der Waals surface area contributed by atoms with E-state index in [-0.39, 0.29) is 27.2 Å². The number of halogens is 3. The summed E-state index contributed by atoms with van der Waals surface area (Å²) < 4.78 is 13.5. The molecule has 3 rings (SSSR count). The van der Waals surface area contributed by atoms with Gasteiger partial charge in [0.1, 0.15) is 5.82 Å². The van der Waals surface area contributed by atoms with Gasteiger partial charge in [-0.1, -0.05) is 23.2 Å². The number of rotatable bonds is 4. The zero-order valence-electron chi connectivity index (χ0n) is 12.5. The smallest absolute Gasteiger partial charge is 0.257 e. The first-order valence-corrected chi connectivity index (χ1v) is 7.81. The molecule has 2 N–H and O–H groups in total. The predicted octanol–water partition coefficient (Wildman–Crippen LogP) is 4.34. The number of aromatic nitrogens is 2. The summed E-state index contributed by atoms with van der Waals surface area (Å²) in [7, 11) is 0. The van der Waals surface area contributed by atoms with Crippen LogP contribution in [0.1, 0.15) is 26.5 Å². The standard InChI is InChI=1S/C17H10Cl2FN3O2/c18-12-8-13(19)14(20)7-11(12)17(25)23-10-3-1-9(2-4-10)15(24)16-21-5-6-22-16/h1-8H,(H,21,22)(H,23,25). The minimum Gasteiger partial charge on any atom is -0.342 e. The number of ketones is 1. The Morgan fingerprint density at radius 3 is 2.44 bits per heavy atom. The van der Waals surface area contributed by atoms with Gasteiger partial charge in [0.05, 0.1) is 15.6 Å². The number of carbonyl (C=O) groups is 2. The molecule has 0 fully saturated rings. The molecule has 3 aromatic rings. The average molecular weight is 378 g/mol. The number of imidazole rings is 1. The molecular formula is C17H10Cl2FN3O2. The maximum Gasteiger partial charge on any atom is 0.257 e. The molecule has 0 bridgehead atoms. The number of benzene rings is 2. The van der Waals surface area contributed by atoms with Gasteiger partial charge in [-0.3, -0.25) is 9.59 Å². The highest BCUT2D eigenvalue weighted by Crippen LogP contribution is 2.25. The molecule has 0 aliphatic carbocycles. The first-order chi connectivity index (χ1) is 12.0. The maximum atomic E-state index is 13.5. The Balaban J connectivity index is 1.76. The van der Waals surface area contributed by atoms with Crippen LogP contribution in [0.25, 0.3) is 0 Å². The number of carbonyl (C=O) groups excluding carboxylic acids is 2. The Hall–Kier alpha value is -2.70. The van der Waals surface area contributed by atoms with Crippen LogP contribution < -0.4 is 5.32 Å². The van der Waals surface area contributed by atoms with E-state index in [9.17, 15) is 14.0 Å². The summed E-state index contributed by atoms with van der Waals surface area (Å²) in [5, 5.41) is 2.45. The van der Waals surface area contributed by atoms with Gasteiger partial charge in [-0.15, -0.1) is 0 Å². The molecule has 25 heavy (non-hydrogen) atoms. The van der Waals surface area contributed by atoms with Gasteiger partial charge in [0.2, 0.25) is 5.78 Å². The van der Waals surface area contributed by atoms with Crippen molar-refractivity contribution >= 4 is 40.6 Å². The van der Waals surface area contributed by atoms with Crippen LogP contribution >= 0.6 is 23.2 Å². The van der Waals surface area contributed by atoms with E-state index in [1.165, 1.54) is 12.3 Å². The normalized spacial score (nSPS) is 10.5. The third-order valence-corrected chi connectivity index (χ3v) is 3.98. The van der Waals surface area contributed by atoms with Gasteiger partial charge in [-0.25, -0.2) is 9.37 Å². The van der Waals surface area contributed by atoms with E-state index in [4.69, 9.17) is 23.2 Å². The second-order valence-electron chi connectivity index (χ2n) is 5.04. The highest BCUT2D eigenvalue weighted by Gasteiger charge is 2.15. The van der Waals surface area contributed by atoms with E-state index < -0.39 is 11.7 Å². The molecular weight excluding hydrogens is 368 g/mol. The Labute approximate surface area is 151 Å². The molecule has 2 aromatic carbocycles. The highest BCUT2D eigenvalue weighted by atomic mass is 35.5. The molecule has 1 amide bonds. The lowest BCUT2D eigenvalue weighted by Crippen LogP contribution is -2.13. The van der Waals surface area contributed by atoms with E-state index >= 15 is 0 Å². The van der Waals surface area contributed by atoms with Crippen molar-refractivity contribution in [2.24, 2.45) is 0 Å². The summed E-state index contributed by atoms with van der Waals surface area (Å²) in [6, 6.07) is 8.32. The van der Waals surface area contributed by atoms with Gasteiger partial charge in [0.15, 0.2) is 5.82 Å². The molecule has 1 heterocycles. The molecule has 126 valence electrons. The quantitative estimate of drug-likeness (QED) is 0.524. The fourth-order valence-electron chi connectivity index (χ4n) is 2.13. The summed E-state index contributed by atoms with van der Waals surface area (Å²) in [4.78, 5) is 31.0. The molecule has 0 aliphatic rings. The molecule has 5 nitrogen and oxygen atoms in total. The second-order valence-corrected chi connectivity index (χ2v) is 5.86. The molecule has 0 saturated heterocycles. The second kappa shape index (κ2) is 7.04. The number of amides is 1. The number of H-pyrrole nitrogens is 1. The Morgan fingerprint density at radius 2 is 1.80 bits per heavy atom. The lowest BCUT2D eigenvalue weighted by Gasteiger charge is -2.08. The monoisotopic (exact) mass is 377 g/mol. The Kier molecular flexibility index (Phi) is 4.83. The molecule has 0 saturated carbocycles. The lowest BCUT2D eigenvalue weighted by molar-refractivity contribution is 0.102. The maximum absolute atomic E-state index is 13.5. The largest absolute Gasteiger partial charge is 0.342 e. The first-order valence-electron chi connectivity index (χ1n) is 7.06. The van der Waals surface area contributed by atoms with Crippen LogP contribution in [0.15, 0.2) is 48.8 Å². The van der Waals surface area contributed by atoms with E-state index in [1.54, 1.807) is 30.5 Å². The molecule has 0 radical (unpaired) electrons. The highest BCUT2D eigenvalue weighted by molar-refractivity contribution is 6.37. The zero-order valence-corrected chi connectivity index (χ0v) is 14.0. The van der Waals surface area contributed by atoms with Crippen LogP contribution in [0, 0.1) is 5.82 Å². The number of anilines is 1. The van der Waals surface area contributed by atoms with Crippen molar-refractivity contribution in [2.75, 3.05) is 5.32 Å². The summed E-state index contributed by atoms with van der Waals surface area (Å²) in [6.45, 7) is 0. The van der Waals surface area contributed by atoms with Crippen molar-refractivity contribution in [2.45, 2.75) is 0 Å². The van der Waals surface area contributed by atoms with Crippen molar-refractivity contribution in [3.8, 4) is 0 Å². The first kappa shape index (κ1) is 17.1. The molecule has 8 heteroatoms. The number of hydrogen-bond donors (Lipinski definition) is 2. The zero-order chi connectivity index (χ0) is 18.0. The van der Waals surface area contributed by atoms with Crippen LogP contribution in [0.4, 0.5) is 10.1 Å². The van der Waals surface area contributed by atoms with E-state index in [1.807, 2.05) is 0 Å². The lowest BCUT2D eigenvalue weighted by atomic mass is 10.1. The molecule has 0 atom stereocenters. The van der Waals surface area contributed by atoms with Gasteiger partial charge in [-0.05, 0) is 36.4 Å². The van der Waals surface area contributed by atoms with Crippen molar-refractivity contribution < 1.29 is 14.0 Å². The van der Waals surface area contributed by atoms with Crippen molar-refractivity contribution in [3.63, 3.8) is 0 Å². The van der Waals surface area contributed by atoms with Gasteiger partial charge in [0, 0.05) is 23.6 Å². The molecule has 0 spiro atoms. The van der Waals surface area contributed by atoms with Crippen LogP contribution in [0.5, 0.6) is 0 Å². The third kappa shape index (κ3) is 3.70. The number of nitrogens with one attached hydrogen (secondary N) is 2. The summed E-state index contributed by atoms with van der Waals surface area (Å²) in [5.41, 5.74) is 0.787. The van der Waals surface area contributed by atoms with E-state index in [2.05, 4.69) is 15.3 Å². The van der Waals surface area contributed by atoms with Gasteiger partial charge in [-0.2, -0.15) is 0 Å². The number of hydrogen-bond acceptors (Lipinski definition) is 3. The molecule has 1 aromatic heterocycles. The van der Waals surface area contributed by atoms with Gasteiger partial charge >= 0.3 is 0 Å². The SMILES string of the molecule is O=C(c1ccc(NC(=O)c2cc(F)c(Cl)cc2Cl)cc1)c1ncc[nH]1.